The first kappa shape index (κ1) is 19.6. The number of hydrogen-bond acceptors (Lipinski definition) is 4. The molecule has 0 radical (unpaired) electrons. The molecule has 140 valence electrons. The number of rotatable bonds is 5. The van der Waals surface area contributed by atoms with Gasteiger partial charge in [0, 0.05) is 24.8 Å². The Bertz CT molecular complexity index is 862. The molecule has 9 heteroatoms. The van der Waals surface area contributed by atoms with Crippen LogP contribution >= 0.6 is 0 Å². The van der Waals surface area contributed by atoms with Crippen LogP contribution in [0.4, 0.5) is 13.2 Å². The minimum absolute atomic E-state index is 0.0104. The maximum atomic E-state index is 13.3. The van der Waals surface area contributed by atoms with Crippen LogP contribution in [-0.2, 0) is 6.18 Å². The van der Waals surface area contributed by atoms with Gasteiger partial charge in [-0.15, -0.1) is 0 Å². The van der Waals surface area contributed by atoms with Gasteiger partial charge >= 0.3 is 6.18 Å². The second kappa shape index (κ2) is 7.69. The van der Waals surface area contributed by atoms with Crippen molar-refractivity contribution in [3.63, 3.8) is 0 Å². The van der Waals surface area contributed by atoms with Crippen molar-refractivity contribution in [3.8, 4) is 5.69 Å². The second-order valence-corrected chi connectivity index (χ2v) is 5.53. The Labute approximate surface area is 147 Å². The summed E-state index contributed by atoms with van der Waals surface area (Å²) in [5.74, 6) is -0.746. The zero-order valence-corrected chi connectivity index (χ0v) is 14.2. The molecule has 1 N–H and O–H groups in total. The first-order chi connectivity index (χ1) is 12.2. The largest absolute Gasteiger partial charge is 0.418 e. The zero-order valence-electron chi connectivity index (χ0n) is 14.2. The Morgan fingerprint density at radius 3 is 2.54 bits per heavy atom. The minimum Gasteiger partial charge on any atom is -0.395 e. The van der Waals surface area contributed by atoms with Gasteiger partial charge in [-0.1, -0.05) is 12.1 Å². The van der Waals surface area contributed by atoms with E-state index in [2.05, 4.69) is 5.10 Å². The molecule has 0 aliphatic carbocycles. The SMILES string of the molecule is CCN(CCO)C(=O)c1nn(-c2ccccc2C(F)(F)F)c(C)cc1=O. The number of carbonyl (C=O) groups is 1. The van der Waals surface area contributed by atoms with Crippen LogP contribution in [0.1, 0.15) is 28.7 Å². The maximum Gasteiger partial charge on any atom is 0.418 e. The number of aryl methyl sites for hydroxylation is 1. The number of aliphatic hydroxyl groups excluding tert-OH is 1. The molecule has 0 saturated heterocycles. The van der Waals surface area contributed by atoms with Gasteiger partial charge in [-0.2, -0.15) is 18.3 Å². The predicted octanol–water partition coefficient (Wildman–Crippen LogP) is 2.01. The number of alkyl halides is 3. The molecule has 1 aromatic heterocycles. The van der Waals surface area contributed by atoms with Crippen LogP contribution in [0, 0.1) is 6.92 Å². The quantitative estimate of drug-likeness (QED) is 0.875. The van der Waals surface area contributed by atoms with Crippen molar-refractivity contribution in [2.45, 2.75) is 20.0 Å². The molecule has 0 spiro atoms. The number of carbonyl (C=O) groups excluding carboxylic acids is 1. The molecule has 0 atom stereocenters. The van der Waals surface area contributed by atoms with Crippen LogP contribution in [0.3, 0.4) is 0 Å². The number of halogens is 3. The lowest BCUT2D eigenvalue weighted by molar-refractivity contribution is -0.137. The summed E-state index contributed by atoms with van der Waals surface area (Å²) in [6.07, 6.45) is -4.62. The average molecular weight is 369 g/mol. The van der Waals surface area contributed by atoms with E-state index in [4.69, 9.17) is 5.11 Å². The van der Waals surface area contributed by atoms with Gasteiger partial charge in [0.05, 0.1) is 17.9 Å². The van der Waals surface area contributed by atoms with E-state index < -0.39 is 28.8 Å². The third kappa shape index (κ3) is 3.93. The normalized spacial score (nSPS) is 11.5. The second-order valence-electron chi connectivity index (χ2n) is 5.53. The Kier molecular flexibility index (Phi) is 5.81. The Balaban J connectivity index is 2.64. The highest BCUT2D eigenvalue weighted by atomic mass is 19.4. The third-order valence-electron chi connectivity index (χ3n) is 3.79. The van der Waals surface area contributed by atoms with Crippen molar-refractivity contribution in [1.82, 2.24) is 14.7 Å². The Hall–Kier alpha value is -2.68. The predicted molar refractivity (Wildman–Crippen MR) is 88.2 cm³/mol. The number of likely N-dealkylation sites (N-methyl/N-ethyl adjacent to an activating group) is 1. The fourth-order valence-corrected chi connectivity index (χ4v) is 2.51. The number of benzene rings is 1. The van der Waals surface area contributed by atoms with Crippen molar-refractivity contribution in [2.75, 3.05) is 19.7 Å². The maximum absolute atomic E-state index is 13.3. The average Bonchev–Trinajstić information content (AvgIpc) is 2.58. The van der Waals surface area contributed by atoms with Gasteiger partial charge in [0.25, 0.3) is 5.91 Å². The highest BCUT2D eigenvalue weighted by molar-refractivity contribution is 5.92. The molecule has 1 amide bonds. The first-order valence-electron chi connectivity index (χ1n) is 7.88. The summed E-state index contributed by atoms with van der Waals surface area (Å²) in [4.78, 5) is 25.8. The molecule has 0 unspecified atom stereocenters. The van der Waals surface area contributed by atoms with Gasteiger partial charge in [-0.3, -0.25) is 9.59 Å². The van der Waals surface area contributed by atoms with E-state index in [1.54, 1.807) is 6.92 Å². The molecule has 1 heterocycles. The van der Waals surface area contributed by atoms with Gasteiger partial charge in [-0.05, 0) is 26.0 Å². The molecule has 2 rings (SSSR count). The Morgan fingerprint density at radius 2 is 1.96 bits per heavy atom. The van der Waals surface area contributed by atoms with E-state index in [-0.39, 0.29) is 31.1 Å². The highest BCUT2D eigenvalue weighted by Gasteiger charge is 2.34. The fourth-order valence-electron chi connectivity index (χ4n) is 2.51. The standard InChI is InChI=1S/C17H18F3N3O3/c1-3-22(8-9-24)16(26)15-14(25)10-11(2)23(21-15)13-7-5-4-6-12(13)17(18,19)20/h4-7,10,24H,3,8-9H2,1-2H3. The van der Waals surface area contributed by atoms with Crippen LogP contribution in [0.15, 0.2) is 35.1 Å². The fraction of sp³-hybridized carbons (Fsp3) is 0.353. The van der Waals surface area contributed by atoms with E-state index >= 15 is 0 Å². The number of para-hydroxylation sites is 1. The summed E-state index contributed by atoms with van der Waals surface area (Å²) in [5, 5.41) is 12.9. The summed E-state index contributed by atoms with van der Waals surface area (Å²) < 4.78 is 40.8. The number of amides is 1. The van der Waals surface area contributed by atoms with Crippen molar-refractivity contribution in [2.24, 2.45) is 0 Å². The lowest BCUT2D eigenvalue weighted by atomic mass is 10.1. The summed E-state index contributed by atoms with van der Waals surface area (Å²) in [5.41, 5.74) is -2.24. The van der Waals surface area contributed by atoms with Gasteiger partial charge in [0.1, 0.15) is 0 Å². The van der Waals surface area contributed by atoms with Crippen LogP contribution < -0.4 is 5.43 Å². The number of hydrogen-bond donors (Lipinski definition) is 1. The van der Waals surface area contributed by atoms with E-state index in [0.29, 0.717) is 0 Å². The van der Waals surface area contributed by atoms with Gasteiger partial charge < -0.3 is 10.0 Å². The first-order valence-corrected chi connectivity index (χ1v) is 7.88. The molecule has 0 bridgehead atoms. The van der Waals surface area contributed by atoms with Gasteiger partial charge in [-0.25, -0.2) is 4.68 Å². The third-order valence-corrected chi connectivity index (χ3v) is 3.79. The van der Waals surface area contributed by atoms with Crippen molar-refractivity contribution in [1.29, 1.82) is 0 Å². The smallest absolute Gasteiger partial charge is 0.395 e. The Morgan fingerprint density at radius 1 is 1.31 bits per heavy atom. The minimum atomic E-state index is -4.62. The van der Waals surface area contributed by atoms with Crippen LogP contribution in [0.5, 0.6) is 0 Å². The molecule has 26 heavy (non-hydrogen) atoms. The summed E-state index contributed by atoms with van der Waals surface area (Å²) in [6.45, 7) is 2.98. The van der Waals surface area contributed by atoms with E-state index in [9.17, 15) is 22.8 Å². The molecular formula is C17H18F3N3O3. The highest BCUT2D eigenvalue weighted by Crippen LogP contribution is 2.33. The molecule has 0 fully saturated rings. The zero-order chi connectivity index (χ0) is 19.5. The summed E-state index contributed by atoms with van der Waals surface area (Å²) in [7, 11) is 0. The van der Waals surface area contributed by atoms with Crippen molar-refractivity contribution in [3.05, 3.63) is 57.5 Å². The number of aromatic nitrogens is 2. The molecule has 1 aromatic carbocycles. The summed E-state index contributed by atoms with van der Waals surface area (Å²) >= 11 is 0. The van der Waals surface area contributed by atoms with Gasteiger partial charge in [0.15, 0.2) is 5.69 Å². The van der Waals surface area contributed by atoms with Crippen LogP contribution in [0.25, 0.3) is 5.69 Å². The topological polar surface area (TPSA) is 75.4 Å². The lowest BCUT2D eigenvalue weighted by Crippen LogP contribution is -2.38. The monoisotopic (exact) mass is 369 g/mol. The lowest BCUT2D eigenvalue weighted by Gasteiger charge is -2.20. The molecular weight excluding hydrogens is 351 g/mol. The van der Waals surface area contributed by atoms with E-state index in [1.807, 2.05) is 0 Å². The van der Waals surface area contributed by atoms with E-state index in [0.717, 1.165) is 16.8 Å². The number of aliphatic hydroxyl groups is 1. The van der Waals surface area contributed by atoms with Gasteiger partial charge in [0.2, 0.25) is 5.43 Å². The van der Waals surface area contributed by atoms with Crippen LogP contribution in [-0.4, -0.2) is 45.4 Å². The van der Waals surface area contributed by atoms with E-state index in [1.165, 1.54) is 30.0 Å². The molecule has 0 aliphatic heterocycles. The number of nitrogens with zero attached hydrogens (tertiary/aromatic N) is 3. The molecule has 6 nitrogen and oxygen atoms in total. The van der Waals surface area contributed by atoms with Crippen molar-refractivity contribution >= 4 is 5.91 Å². The molecule has 2 aromatic rings. The molecule has 0 aliphatic rings. The summed E-state index contributed by atoms with van der Waals surface area (Å²) in [6, 6.07) is 5.85. The molecule has 0 saturated carbocycles. The van der Waals surface area contributed by atoms with Crippen molar-refractivity contribution < 1.29 is 23.1 Å². The van der Waals surface area contributed by atoms with Crippen LogP contribution in [0.2, 0.25) is 0 Å².